The Bertz CT molecular complexity index is 1040. The number of rotatable bonds is 9. The van der Waals surface area contributed by atoms with Crippen molar-refractivity contribution in [2.24, 2.45) is 13.0 Å². The predicted molar refractivity (Wildman–Crippen MR) is 121 cm³/mol. The molecule has 2 aromatic heterocycles. The minimum absolute atomic E-state index is 0.174. The van der Waals surface area contributed by atoms with E-state index >= 15 is 0 Å². The zero-order chi connectivity index (χ0) is 22.3. The largest absolute Gasteiger partial charge is 0.494 e. The quantitative estimate of drug-likeness (QED) is 0.500. The smallest absolute Gasteiger partial charge is 0.323 e. The minimum Gasteiger partial charge on any atom is -0.494 e. The van der Waals surface area contributed by atoms with Gasteiger partial charge in [0.1, 0.15) is 6.61 Å². The highest BCUT2D eigenvalue weighted by Crippen LogP contribution is 2.25. The minimum atomic E-state index is -0.470. The van der Waals surface area contributed by atoms with Crippen LogP contribution in [0.4, 0.5) is 22.0 Å². The highest BCUT2D eigenvalue weighted by Gasteiger charge is 2.15. The Morgan fingerprint density at radius 3 is 2.62 bits per heavy atom. The molecule has 9 heteroatoms. The Kier molecular flexibility index (Phi) is 7.03. The van der Waals surface area contributed by atoms with Gasteiger partial charge in [-0.15, -0.1) is 0 Å². The lowest BCUT2D eigenvalue weighted by Crippen LogP contribution is -2.19. The van der Waals surface area contributed by atoms with E-state index in [4.69, 9.17) is 9.47 Å². The van der Waals surface area contributed by atoms with Crippen molar-refractivity contribution >= 4 is 17.6 Å². The van der Waals surface area contributed by atoms with Crippen LogP contribution >= 0.6 is 0 Å². The first-order valence-corrected chi connectivity index (χ1v) is 10.9. The molecular formula is C23H29FN6O2. The first-order chi connectivity index (χ1) is 15.6. The third kappa shape index (κ3) is 5.66. The van der Waals surface area contributed by atoms with Crippen LogP contribution in [0, 0.1) is 11.7 Å². The predicted octanol–water partition coefficient (Wildman–Crippen LogP) is 4.67. The average molecular weight is 441 g/mol. The molecule has 1 aliphatic carbocycles. The molecule has 0 aliphatic heterocycles. The van der Waals surface area contributed by atoms with Crippen molar-refractivity contribution in [3.05, 3.63) is 48.0 Å². The number of ether oxygens (including phenoxy) is 2. The summed E-state index contributed by atoms with van der Waals surface area (Å²) in [6.07, 6.45) is 8.23. The van der Waals surface area contributed by atoms with Gasteiger partial charge in [0.2, 0.25) is 11.9 Å². The number of aryl methyl sites for hydroxylation is 1. The summed E-state index contributed by atoms with van der Waals surface area (Å²) in [7, 11) is 3.38. The molecule has 0 amide bonds. The van der Waals surface area contributed by atoms with Crippen molar-refractivity contribution in [2.75, 3.05) is 24.3 Å². The summed E-state index contributed by atoms with van der Waals surface area (Å²) in [6, 6.07) is 8.71. The fourth-order valence-electron chi connectivity index (χ4n) is 3.84. The zero-order valence-electron chi connectivity index (χ0n) is 18.5. The van der Waals surface area contributed by atoms with Crippen LogP contribution in [0.1, 0.15) is 37.8 Å². The Labute approximate surface area is 187 Å². The molecule has 3 aromatic rings. The van der Waals surface area contributed by atoms with E-state index in [1.807, 2.05) is 29.9 Å². The van der Waals surface area contributed by atoms with Crippen LogP contribution in [-0.4, -0.2) is 33.2 Å². The fraction of sp³-hybridized carbons (Fsp3) is 0.435. The molecule has 4 rings (SSSR count). The summed E-state index contributed by atoms with van der Waals surface area (Å²) in [4.78, 5) is 13.3. The number of methoxy groups -OCH3 is 1. The molecule has 0 atom stereocenters. The van der Waals surface area contributed by atoms with Gasteiger partial charge in [0.15, 0.2) is 11.6 Å². The van der Waals surface area contributed by atoms with Gasteiger partial charge < -0.3 is 24.7 Å². The van der Waals surface area contributed by atoms with E-state index in [-0.39, 0.29) is 17.7 Å². The molecule has 1 fully saturated rings. The molecule has 170 valence electrons. The van der Waals surface area contributed by atoms with E-state index in [9.17, 15) is 4.39 Å². The molecule has 0 bridgehead atoms. The third-order valence-corrected chi connectivity index (χ3v) is 5.70. The van der Waals surface area contributed by atoms with Gasteiger partial charge in [-0.1, -0.05) is 19.3 Å². The van der Waals surface area contributed by atoms with E-state index in [1.165, 1.54) is 45.3 Å². The van der Waals surface area contributed by atoms with Crippen molar-refractivity contribution in [1.82, 2.24) is 19.5 Å². The third-order valence-electron chi connectivity index (χ3n) is 5.70. The van der Waals surface area contributed by atoms with Crippen molar-refractivity contribution in [2.45, 2.75) is 38.7 Å². The molecule has 8 nitrogen and oxygen atoms in total. The van der Waals surface area contributed by atoms with Crippen LogP contribution in [0.2, 0.25) is 0 Å². The molecule has 2 N–H and O–H groups in total. The van der Waals surface area contributed by atoms with Gasteiger partial charge in [-0.2, -0.15) is 15.0 Å². The Morgan fingerprint density at radius 2 is 1.91 bits per heavy atom. The highest BCUT2D eigenvalue weighted by molar-refractivity contribution is 5.56. The number of nitrogens with zero attached hydrogens (tertiary/aromatic N) is 4. The Balaban J connectivity index is 1.51. The second-order valence-corrected chi connectivity index (χ2v) is 8.02. The summed E-state index contributed by atoms with van der Waals surface area (Å²) < 4.78 is 26.9. The number of benzene rings is 1. The molecule has 1 saturated carbocycles. The summed E-state index contributed by atoms with van der Waals surface area (Å²) in [5.41, 5.74) is 1.50. The maximum atomic E-state index is 14.1. The lowest BCUT2D eigenvalue weighted by molar-refractivity contribution is 0.272. The maximum absolute atomic E-state index is 14.1. The number of anilines is 3. The van der Waals surface area contributed by atoms with Gasteiger partial charge in [0.05, 0.1) is 12.8 Å². The summed E-state index contributed by atoms with van der Waals surface area (Å²) in [6.45, 7) is 1.13. The van der Waals surface area contributed by atoms with Crippen LogP contribution in [0.25, 0.3) is 0 Å². The number of nitrogens with one attached hydrogen (secondary N) is 2. The van der Waals surface area contributed by atoms with Crippen LogP contribution in [0.5, 0.6) is 11.8 Å². The first-order valence-electron chi connectivity index (χ1n) is 10.9. The van der Waals surface area contributed by atoms with E-state index in [2.05, 4.69) is 25.6 Å². The van der Waals surface area contributed by atoms with Crippen molar-refractivity contribution in [3.8, 4) is 11.8 Å². The molecule has 1 aromatic carbocycles. The number of halogens is 1. The Morgan fingerprint density at radius 1 is 1.09 bits per heavy atom. The van der Waals surface area contributed by atoms with Gasteiger partial charge in [0, 0.05) is 31.5 Å². The highest BCUT2D eigenvalue weighted by atomic mass is 19.1. The first kappa shape index (κ1) is 21.9. The standard InChI is InChI=1S/C23H29FN6O2/c1-30-12-6-9-18(30)15-32-23-28-21(25-14-16-7-4-3-5-8-16)27-22(29-23)26-17-10-11-20(31-2)19(24)13-17/h6,9-13,16H,3-5,7-8,14-15H2,1-2H3,(H2,25,26,27,28,29). The van der Waals surface area contributed by atoms with Crippen molar-refractivity contribution in [1.29, 1.82) is 0 Å². The molecule has 32 heavy (non-hydrogen) atoms. The van der Waals surface area contributed by atoms with E-state index < -0.39 is 5.82 Å². The molecular weight excluding hydrogens is 411 g/mol. The zero-order valence-corrected chi connectivity index (χ0v) is 18.5. The number of hydrogen-bond acceptors (Lipinski definition) is 7. The second kappa shape index (κ2) is 10.3. The summed E-state index contributed by atoms with van der Waals surface area (Å²) in [5, 5.41) is 6.37. The van der Waals surface area contributed by atoms with Crippen LogP contribution in [0.15, 0.2) is 36.5 Å². The lowest BCUT2D eigenvalue weighted by Gasteiger charge is -2.21. The van der Waals surface area contributed by atoms with E-state index in [1.54, 1.807) is 12.1 Å². The summed E-state index contributed by atoms with van der Waals surface area (Å²) in [5.74, 6) is 1.02. The monoisotopic (exact) mass is 440 g/mol. The molecule has 0 radical (unpaired) electrons. The van der Waals surface area contributed by atoms with Crippen molar-refractivity contribution < 1.29 is 13.9 Å². The molecule has 2 heterocycles. The fourth-order valence-corrected chi connectivity index (χ4v) is 3.84. The van der Waals surface area contributed by atoms with Crippen LogP contribution in [0.3, 0.4) is 0 Å². The molecule has 1 aliphatic rings. The van der Waals surface area contributed by atoms with Gasteiger partial charge >= 0.3 is 6.01 Å². The van der Waals surface area contributed by atoms with Gasteiger partial charge in [-0.25, -0.2) is 4.39 Å². The van der Waals surface area contributed by atoms with Crippen molar-refractivity contribution in [3.63, 3.8) is 0 Å². The number of hydrogen-bond donors (Lipinski definition) is 2. The van der Waals surface area contributed by atoms with Gasteiger partial charge in [-0.05, 0) is 43.0 Å². The SMILES string of the molecule is COc1ccc(Nc2nc(NCC3CCCCC3)nc(OCc3cccn3C)n2)cc1F. The van der Waals surface area contributed by atoms with Gasteiger partial charge in [-0.3, -0.25) is 0 Å². The van der Waals surface area contributed by atoms with E-state index in [0.717, 1.165) is 12.2 Å². The lowest BCUT2D eigenvalue weighted by atomic mass is 9.89. The molecule has 0 spiro atoms. The summed E-state index contributed by atoms with van der Waals surface area (Å²) >= 11 is 0. The second-order valence-electron chi connectivity index (χ2n) is 8.02. The normalized spacial score (nSPS) is 14.2. The molecule has 0 unspecified atom stereocenters. The number of aromatic nitrogens is 4. The van der Waals surface area contributed by atoms with Gasteiger partial charge in [0.25, 0.3) is 0 Å². The topological polar surface area (TPSA) is 86.1 Å². The molecule has 0 saturated heterocycles. The Hall–Kier alpha value is -3.36. The maximum Gasteiger partial charge on any atom is 0.323 e. The van der Waals surface area contributed by atoms with E-state index in [0.29, 0.717) is 24.2 Å². The average Bonchev–Trinajstić information content (AvgIpc) is 3.22. The van der Waals surface area contributed by atoms with Crippen LogP contribution in [-0.2, 0) is 13.7 Å². The van der Waals surface area contributed by atoms with Crippen LogP contribution < -0.4 is 20.1 Å².